The van der Waals surface area contributed by atoms with Crippen LogP contribution in [0.4, 0.5) is 0 Å². The number of nitrogens with zero attached hydrogens (tertiary/aromatic N) is 3. The van der Waals surface area contributed by atoms with Gasteiger partial charge < -0.3 is 14.8 Å². The summed E-state index contributed by atoms with van der Waals surface area (Å²) in [5.41, 5.74) is 0. The van der Waals surface area contributed by atoms with E-state index in [2.05, 4.69) is 25.4 Å². The maximum absolute atomic E-state index is 5.19. The van der Waals surface area contributed by atoms with Gasteiger partial charge in [-0.1, -0.05) is 5.16 Å². The highest BCUT2D eigenvalue weighted by Crippen LogP contribution is 2.14. The first kappa shape index (κ1) is 9.53. The molecule has 6 heteroatoms. The monoisotopic (exact) mass is 219 g/mol. The Hall–Kier alpha value is -1.69. The van der Waals surface area contributed by atoms with Gasteiger partial charge in [-0.3, -0.25) is 0 Å². The summed E-state index contributed by atoms with van der Waals surface area (Å²) in [6.07, 6.45) is 6.61. The van der Waals surface area contributed by atoms with E-state index in [9.17, 15) is 0 Å². The van der Waals surface area contributed by atoms with Crippen LogP contribution in [0.5, 0.6) is 0 Å². The van der Waals surface area contributed by atoms with E-state index in [0.29, 0.717) is 23.6 Å². The molecule has 2 N–H and O–H groups in total. The lowest BCUT2D eigenvalue weighted by Gasteiger charge is -2.04. The van der Waals surface area contributed by atoms with Gasteiger partial charge in [-0.2, -0.15) is 4.98 Å². The lowest BCUT2D eigenvalue weighted by molar-refractivity contribution is 0.364. The first-order chi connectivity index (χ1) is 7.92. The average Bonchev–Trinajstić information content (AvgIpc) is 2.99. The van der Waals surface area contributed by atoms with Crippen LogP contribution in [0.2, 0.25) is 0 Å². The Bertz CT molecular complexity index is 443. The number of hydrogen-bond acceptors (Lipinski definition) is 5. The van der Waals surface area contributed by atoms with Crippen LogP contribution in [0.3, 0.4) is 0 Å². The molecule has 2 aromatic rings. The molecule has 0 aliphatic carbocycles. The first-order valence-corrected chi connectivity index (χ1v) is 5.47. The van der Waals surface area contributed by atoms with Crippen LogP contribution in [0, 0.1) is 0 Å². The number of hydrogen-bond donors (Lipinski definition) is 2. The van der Waals surface area contributed by atoms with Crippen LogP contribution in [-0.2, 0) is 6.42 Å². The zero-order chi connectivity index (χ0) is 10.8. The third-order valence-electron chi connectivity index (χ3n) is 2.76. The Morgan fingerprint density at radius 3 is 3.25 bits per heavy atom. The Balaban J connectivity index is 1.72. The zero-order valence-corrected chi connectivity index (χ0v) is 8.81. The molecule has 1 aliphatic rings. The summed E-state index contributed by atoms with van der Waals surface area (Å²) in [5, 5.41) is 7.29. The van der Waals surface area contributed by atoms with Crippen molar-refractivity contribution in [2.24, 2.45) is 0 Å². The van der Waals surface area contributed by atoms with E-state index in [4.69, 9.17) is 4.52 Å². The van der Waals surface area contributed by atoms with E-state index in [1.165, 1.54) is 12.8 Å². The molecular formula is C10H13N5O. The van der Waals surface area contributed by atoms with Gasteiger partial charge in [0.15, 0.2) is 5.82 Å². The molecule has 0 aromatic carbocycles. The molecule has 0 saturated carbocycles. The van der Waals surface area contributed by atoms with E-state index < -0.39 is 0 Å². The highest BCUT2D eigenvalue weighted by atomic mass is 16.5. The fourth-order valence-electron chi connectivity index (χ4n) is 1.96. The van der Waals surface area contributed by atoms with E-state index in [0.717, 1.165) is 13.0 Å². The van der Waals surface area contributed by atoms with Gasteiger partial charge in [0, 0.05) is 24.9 Å². The number of rotatable bonds is 3. The molecule has 3 heterocycles. The van der Waals surface area contributed by atoms with Crippen molar-refractivity contribution in [1.82, 2.24) is 25.4 Å². The highest BCUT2D eigenvalue weighted by Gasteiger charge is 2.18. The Morgan fingerprint density at radius 2 is 2.50 bits per heavy atom. The number of aromatic nitrogens is 4. The number of aromatic amines is 1. The summed E-state index contributed by atoms with van der Waals surface area (Å²) in [6, 6.07) is 0.477. The number of H-pyrrole nitrogens is 1. The molecule has 6 nitrogen and oxygen atoms in total. The Labute approximate surface area is 92.5 Å². The summed E-state index contributed by atoms with van der Waals surface area (Å²) in [6.45, 7) is 1.09. The highest BCUT2D eigenvalue weighted by molar-refractivity contribution is 5.40. The smallest absolute Gasteiger partial charge is 0.238 e. The SMILES string of the molecule is c1c[nH]c(-c2noc(CC3CCCN3)n2)n1. The molecule has 0 radical (unpaired) electrons. The molecule has 0 amide bonds. The predicted octanol–water partition coefficient (Wildman–Crippen LogP) is 0.754. The number of nitrogens with one attached hydrogen (secondary N) is 2. The standard InChI is InChI=1S/C10H13N5O/c1-2-7(11-3-1)6-8-14-10(15-16-8)9-12-4-5-13-9/h4-5,7,11H,1-3,6H2,(H,12,13). The molecule has 0 spiro atoms. The minimum atomic E-state index is 0.477. The van der Waals surface area contributed by atoms with Crippen molar-refractivity contribution in [3.05, 3.63) is 18.3 Å². The van der Waals surface area contributed by atoms with Crippen LogP contribution in [0.25, 0.3) is 11.6 Å². The third kappa shape index (κ3) is 1.83. The van der Waals surface area contributed by atoms with E-state index in [1.54, 1.807) is 12.4 Å². The average molecular weight is 219 g/mol. The summed E-state index contributed by atoms with van der Waals surface area (Å²) in [5.74, 6) is 1.85. The quantitative estimate of drug-likeness (QED) is 0.796. The van der Waals surface area contributed by atoms with Gasteiger partial charge in [0.2, 0.25) is 11.7 Å². The second-order valence-electron chi connectivity index (χ2n) is 3.95. The molecular weight excluding hydrogens is 206 g/mol. The minimum Gasteiger partial charge on any atom is -0.342 e. The molecule has 1 saturated heterocycles. The van der Waals surface area contributed by atoms with Crippen molar-refractivity contribution in [3.63, 3.8) is 0 Å². The van der Waals surface area contributed by atoms with Gasteiger partial charge in [-0.15, -0.1) is 0 Å². The fraction of sp³-hybridized carbons (Fsp3) is 0.500. The van der Waals surface area contributed by atoms with Gasteiger partial charge in [0.25, 0.3) is 0 Å². The molecule has 16 heavy (non-hydrogen) atoms. The van der Waals surface area contributed by atoms with E-state index >= 15 is 0 Å². The van der Waals surface area contributed by atoms with Crippen molar-refractivity contribution in [2.45, 2.75) is 25.3 Å². The molecule has 1 atom stereocenters. The molecule has 0 bridgehead atoms. The van der Waals surface area contributed by atoms with E-state index in [1.807, 2.05) is 0 Å². The molecule has 3 rings (SSSR count). The van der Waals surface area contributed by atoms with Crippen LogP contribution < -0.4 is 5.32 Å². The van der Waals surface area contributed by atoms with Crippen LogP contribution in [-0.4, -0.2) is 32.7 Å². The minimum absolute atomic E-state index is 0.477. The maximum Gasteiger partial charge on any atom is 0.238 e. The summed E-state index contributed by atoms with van der Waals surface area (Å²) < 4.78 is 5.19. The molecule has 2 aromatic heterocycles. The molecule has 1 unspecified atom stereocenters. The van der Waals surface area contributed by atoms with Gasteiger partial charge in [0.05, 0.1) is 0 Å². The van der Waals surface area contributed by atoms with Crippen molar-refractivity contribution in [2.75, 3.05) is 6.54 Å². The normalized spacial score (nSPS) is 20.4. The van der Waals surface area contributed by atoms with Crippen molar-refractivity contribution in [1.29, 1.82) is 0 Å². The molecule has 1 aliphatic heterocycles. The van der Waals surface area contributed by atoms with Crippen molar-refractivity contribution in [3.8, 4) is 11.6 Å². The van der Waals surface area contributed by atoms with Crippen LogP contribution in [0.15, 0.2) is 16.9 Å². The largest absolute Gasteiger partial charge is 0.342 e. The van der Waals surface area contributed by atoms with Gasteiger partial charge in [-0.05, 0) is 19.4 Å². The van der Waals surface area contributed by atoms with Gasteiger partial charge in [0.1, 0.15) is 0 Å². The van der Waals surface area contributed by atoms with E-state index in [-0.39, 0.29) is 0 Å². The Kier molecular flexibility index (Phi) is 2.41. The van der Waals surface area contributed by atoms with Crippen molar-refractivity contribution >= 4 is 0 Å². The van der Waals surface area contributed by atoms with Gasteiger partial charge in [-0.25, -0.2) is 4.98 Å². The topological polar surface area (TPSA) is 79.6 Å². The Morgan fingerprint density at radius 1 is 1.50 bits per heavy atom. The van der Waals surface area contributed by atoms with Gasteiger partial charge >= 0.3 is 0 Å². The summed E-state index contributed by atoms with van der Waals surface area (Å²) >= 11 is 0. The summed E-state index contributed by atoms with van der Waals surface area (Å²) in [7, 11) is 0. The van der Waals surface area contributed by atoms with Crippen LogP contribution in [0.1, 0.15) is 18.7 Å². The van der Waals surface area contributed by atoms with Crippen LogP contribution >= 0.6 is 0 Å². The van der Waals surface area contributed by atoms with Crippen molar-refractivity contribution < 1.29 is 4.52 Å². The zero-order valence-electron chi connectivity index (χ0n) is 8.81. The lowest BCUT2D eigenvalue weighted by atomic mass is 10.1. The fourth-order valence-corrected chi connectivity index (χ4v) is 1.96. The molecule has 1 fully saturated rings. The predicted molar refractivity (Wildman–Crippen MR) is 56.6 cm³/mol. The third-order valence-corrected chi connectivity index (χ3v) is 2.76. The molecule has 84 valence electrons. The first-order valence-electron chi connectivity index (χ1n) is 5.47. The second kappa shape index (κ2) is 4.05. The summed E-state index contributed by atoms with van der Waals surface area (Å²) in [4.78, 5) is 11.3. The number of imidazole rings is 1. The second-order valence-corrected chi connectivity index (χ2v) is 3.95. The maximum atomic E-state index is 5.19. The lowest BCUT2D eigenvalue weighted by Crippen LogP contribution is -2.23.